The van der Waals surface area contributed by atoms with Crippen LogP contribution in [0.3, 0.4) is 0 Å². The van der Waals surface area contributed by atoms with Gasteiger partial charge in [-0.3, -0.25) is 9.79 Å². The van der Waals surface area contributed by atoms with Crippen molar-refractivity contribution < 1.29 is 14.3 Å². The first kappa shape index (κ1) is 18.5. The van der Waals surface area contributed by atoms with Crippen LogP contribution in [0.5, 0.6) is 11.5 Å². The zero-order chi connectivity index (χ0) is 19.4. The van der Waals surface area contributed by atoms with E-state index in [-0.39, 0.29) is 11.9 Å². The molecule has 0 aromatic heterocycles. The smallest absolute Gasteiger partial charge is 0.260 e. The van der Waals surface area contributed by atoms with Crippen molar-refractivity contribution in [3.8, 4) is 11.5 Å². The Balaban J connectivity index is 2.01. The zero-order valence-electron chi connectivity index (χ0n) is 15.5. The molecule has 138 valence electrons. The molecule has 0 saturated carbocycles. The van der Waals surface area contributed by atoms with Crippen LogP contribution in [0.25, 0.3) is 0 Å². The van der Waals surface area contributed by atoms with Gasteiger partial charge in [-0.15, -0.1) is 0 Å². The van der Waals surface area contributed by atoms with Crippen molar-refractivity contribution in [1.82, 2.24) is 4.90 Å². The van der Waals surface area contributed by atoms with Gasteiger partial charge in [0.15, 0.2) is 11.5 Å². The molecule has 2 aliphatic rings. The third-order valence-corrected chi connectivity index (χ3v) is 4.51. The minimum Gasteiger partial charge on any atom is -0.493 e. The number of carbonyl (C=O) groups is 1. The fourth-order valence-electron chi connectivity index (χ4n) is 3.19. The Morgan fingerprint density at radius 3 is 2.63 bits per heavy atom. The van der Waals surface area contributed by atoms with Gasteiger partial charge in [-0.05, 0) is 17.2 Å². The molecule has 0 fully saturated rings. The van der Waals surface area contributed by atoms with E-state index >= 15 is 0 Å². The van der Waals surface area contributed by atoms with Crippen molar-refractivity contribution in [3.05, 3.63) is 78.6 Å². The molecule has 0 radical (unpaired) electrons. The molecule has 5 nitrogen and oxygen atoms in total. The highest BCUT2D eigenvalue weighted by atomic mass is 16.5. The largest absolute Gasteiger partial charge is 0.493 e. The summed E-state index contributed by atoms with van der Waals surface area (Å²) in [6.07, 6.45) is 13.6. The number of rotatable bonds is 6. The lowest BCUT2D eigenvalue weighted by Crippen LogP contribution is -2.32. The summed E-state index contributed by atoms with van der Waals surface area (Å²) in [5, 5.41) is 0. The number of carbonyl (C=O) groups excluding carboxylic acids is 1. The zero-order valence-corrected chi connectivity index (χ0v) is 15.5. The van der Waals surface area contributed by atoms with Crippen LogP contribution in [0.15, 0.2) is 78.0 Å². The van der Waals surface area contributed by atoms with E-state index in [1.54, 1.807) is 43.4 Å². The second kappa shape index (κ2) is 7.91. The predicted octanol–water partition coefficient (Wildman–Crippen LogP) is 4.37. The molecule has 0 N–H and O–H groups in total. The molecule has 5 heteroatoms. The van der Waals surface area contributed by atoms with Crippen LogP contribution < -0.4 is 9.47 Å². The van der Waals surface area contributed by atoms with E-state index in [0.717, 1.165) is 11.1 Å². The average molecular weight is 362 g/mol. The van der Waals surface area contributed by atoms with Crippen LogP contribution in [0.1, 0.15) is 16.8 Å². The summed E-state index contributed by atoms with van der Waals surface area (Å²) in [6.45, 7) is 7.47. The molecule has 0 bridgehead atoms. The first-order valence-electron chi connectivity index (χ1n) is 8.58. The number of methoxy groups -OCH3 is 2. The number of fused-ring (bicyclic) bond motifs is 2. The van der Waals surface area contributed by atoms with Crippen LogP contribution >= 0.6 is 0 Å². The minimum atomic E-state index is -0.137. The number of aliphatic imine (C=N–C) groups is 1. The normalized spacial score (nSPS) is 18.7. The van der Waals surface area contributed by atoms with Gasteiger partial charge in [-0.1, -0.05) is 43.5 Å². The van der Waals surface area contributed by atoms with Crippen molar-refractivity contribution in [2.75, 3.05) is 14.2 Å². The number of ether oxygens (including phenoxy) is 2. The third-order valence-electron chi connectivity index (χ3n) is 4.51. The highest BCUT2D eigenvalue weighted by molar-refractivity contribution is 6.04. The number of amides is 1. The highest BCUT2D eigenvalue weighted by Gasteiger charge is 2.33. The van der Waals surface area contributed by atoms with Gasteiger partial charge in [0.1, 0.15) is 0 Å². The summed E-state index contributed by atoms with van der Waals surface area (Å²) in [5.41, 5.74) is 3.10. The number of hydrogen-bond donors (Lipinski definition) is 0. The Morgan fingerprint density at radius 1 is 1.22 bits per heavy atom. The molecule has 1 amide bonds. The Labute approximate surface area is 159 Å². The Kier molecular flexibility index (Phi) is 5.41. The summed E-state index contributed by atoms with van der Waals surface area (Å²) in [5.74, 6) is 0.933. The quantitative estimate of drug-likeness (QED) is 0.706. The molecule has 1 aromatic rings. The van der Waals surface area contributed by atoms with Crippen LogP contribution in [0.4, 0.5) is 5.69 Å². The molecule has 2 heterocycles. The van der Waals surface area contributed by atoms with Gasteiger partial charge < -0.3 is 14.4 Å². The summed E-state index contributed by atoms with van der Waals surface area (Å²) in [7, 11) is 3.10. The first-order valence-corrected chi connectivity index (χ1v) is 8.58. The fourth-order valence-corrected chi connectivity index (χ4v) is 3.19. The first-order chi connectivity index (χ1) is 13.1. The maximum absolute atomic E-state index is 13.2. The molecule has 0 spiro atoms. The van der Waals surface area contributed by atoms with Crippen LogP contribution in [-0.2, 0) is 0 Å². The Morgan fingerprint density at radius 2 is 1.96 bits per heavy atom. The van der Waals surface area contributed by atoms with E-state index in [9.17, 15) is 4.79 Å². The average Bonchev–Trinajstić information content (AvgIpc) is 3.07. The van der Waals surface area contributed by atoms with E-state index in [0.29, 0.717) is 29.2 Å². The summed E-state index contributed by atoms with van der Waals surface area (Å²) in [4.78, 5) is 19.4. The van der Waals surface area contributed by atoms with Gasteiger partial charge in [0.05, 0.1) is 31.5 Å². The van der Waals surface area contributed by atoms with E-state index in [1.807, 2.05) is 30.6 Å². The van der Waals surface area contributed by atoms with E-state index in [1.165, 1.54) is 0 Å². The van der Waals surface area contributed by atoms with Gasteiger partial charge in [0, 0.05) is 24.9 Å². The fraction of sp³-hybridized carbons (Fsp3) is 0.182. The minimum absolute atomic E-state index is 0.117. The van der Waals surface area contributed by atoms with E-state index in [2.05, 4.69) is 18.2 Å². The lowest BCUT2D eigenvalue weighted by atomic mass is 10.0. The molecular weight excluding hydrogens is 340 g/mol. The second-order valence-corrected chi connectivity index (χ2v) is 6.09. The Bertz CT molecular complexity index is 906. The SMILES string of the molecule is C=C/C=C\C(=C/C=C)C1=CN2C(=O)c3cc(OC)c(OC)cc3N=CC2C1. The van der Waals surface area contributed by atoms with E-state index < -0.39 is 0 Å². The molecule has 0 aliphatic carbocycles. The molecule has 1 atom stereocenters. The second-order valence-electron chi connectivity index (χ2n) is 6.09. The van der Waals surface area contributed by atoms with Crippen LogP contribution in [-0.4, -0.2) is 37.3 Å². The van der Waals surface area contributed by atoms with Crippen molar-refractivity contribution in [3.63, 3.8) is 0 Å². The number of benzene rings is 1. The number of nitrogens with zero attached hydrogens (tertiary/aromatic N) is 2. The van der Waals surface area contributed by atoms with Crippen molar-refractivity contribution in [2.45, 2.75) is 12.5 Å². The van der Waals surface area contributed by atoms with Crippen molar-refractivity contribution in [1.29, 1.82) is 0 Å². The maximum atomic E-state index is 13.2. The third kappa shape index (κ3) is 3.49. The summed E-state index contributed by atoms with van der Waals surface area (Å²) in [6, 6.07) is 3.27. The number of hydrogen-bond acceptors (Lipinski definition) is 4. The predicted molar refractivity (Wildman–Crippen MR) is 108 cm³/mol. The Hall–Kier alpha value is -3.34. The molecule has 2 aliphatic heterocycles. The van der Waals surface area contributed by atoms with Crippen molar-refractivity contribution in [2.24, 2.45) is 4.99 Å². The van der Waals surface area contributed by atoms with E-state index in [4.69, 9.17) is 9.47 Å². The topological polar surface area (TPSA) is 51.1 Å². The standard InChI is InChI=1S/C22H22N2O3/c1-5-7-9-15(8-6-2)16-10-17-13-23-19-12-21(27-4)20(26-3)11-18(19)22(25)24(17)14-16/h5-9,11-14,17H,1-2,10H2,3-4H3/b9-7-,15-8+. The van der Waals surface area contributed by atoms with Crippen LogP contribution in [0.2, 0.25) is 0 Å². The lowest BCUT2D eigenvalue weighted by Gasteiger charge is -2.18. The lowest BCUT2D eigenvalue weighted by molar-refractivity contribution is 0.0817. The monoisotopic (exact) mass is 362 g/mol. The van der Waals surface area contributed by atoms with Gasteiger partial charge >= 0.3 is 0 Å². The molecule has 27 heavy (non-hydrogen) atoms. The maximum Gasteiger partial charge on any atom is 0.260 e. The highest BCUT2D eigenvalue weighted by Crippen LogP contribution is 2.39. The van der Waals surface area contributed by atoms with Crippen LogP contribution in [0, 0.1) is 0 Å². The van der Waals surface area contributed by atoms with Gasteiger partial charge in [-0.2, -0.15) is 0 Å². The van der Waals surface area contributed by atoms with Crippen molar-refractivity contribution >= 4 is 17.8 Å². The van der Waals surface area contributed by atoms with Gasteiger partial charge in [-0.25, -0.2) is 0 Å². The number of allylic oxidation sites excluding steroid dienone is 6. The van der Waals surface area contributed by atoms with Gasteiger partial charge in [0.25, 0.3) is 5.91 Å². The molecule has 1 aromatic carbocycles. The summed E-state index contributed by atoms with van der Waals surface area (Å²) < 4.78 is 10.7. The molecular formula is C22H22N2O3. The summed E-state index contributed by atoms with van der Waals surface area (Å²) >= 11 is 0. The molecule has 0 saturated heterocycles. The van der Waals surface area contributed by atoms with Gasteiger partial charge in [0.2, 0.25) is 0 Å². The molecule has 3 rings (SSSR count). The molecule has 1 unspecified atom stereocenters.